The van der Waals surface area contributed by atoms with E-state index in [1.165, 1.54) is 29.7 Å². The van der Waals surface area contributed by atoms with Crippen molar-refractivity contribution in [1.82, 2.24) is 14.3 Å². The number of halogens is 1. The van der Waals surface area contributed by atoms with Crippen LogP contribution in [0.1, 0.15) is 18.9 Å². The summed E-state index contributed by atoms with van der Waals surface area (Å²) in [6.07, 6.45) is 3.03. The van der Waals surface area contributed by atoms with Crippen LogP contribution in [-0.2, 0) is 21.2 Å². The van der Waals surface area contributed by atoms with Crippen molar-refractivity contribution in [3.63, 3.8) is 0 Å². The minimum Gasteiger partial charge on any atom is -0.354 e. The highest BCUT2D eigenvalue weighted by Gasteiger charge is 2.30. The average Bonchev–Trinajstić information content (AvgIpc) is 2.88. The largest absolute Gasteiger partial charge is 0.354 e. The summed E-state index contributed by atoms with van der Waals surface area (Å²) in [6, 6.07) is 13.0. The predicted molar refractivity (Wildman–Crippen MR) is 131 cm³/mol. The van der Waals surface area contributed by atoms with Crippen molar-refractivity contribution in [2.24, 2.45) is 0 Å². The maximum absolute atomic E-state index is 13.4. The second-order valence-electron chi connectivity index (χ2n) is 8.72. The highest BCUT2D eigenvalue weighted by molar-refractivity contribution is 7.89. The predicted octanol–water partition coefficient (Wildman–Crippen LogP) is 3.09. The number of benzene rings is 2. The fourth-order valence-electron chi connectivity index (χ4n) is 4.67. The Hall–Kier alpha value is -3.37. The smallest absolute Gasteiger partial charge is 0.243 e. The molecule has 0 N–H and O–H groups in total. The maximum atomic E-state index is 13.4. The molecule has 2 aliphatic heterocycles. The molecule has 182 valence electrons. The molecule has 3 heterocycles. The van der Waals surface area contributed by atoms with Gasteiger partial charge in [-0.15, -0.1) is 0 Å². The van der Waals surface area contributed by atoms with Gasteiger partial charge in [-0.3, -0.25) is 4.79 Å². The van der Waals surface area contributed by atoms with E-state index in [0.29, 0.717) is 44.2 Å². The molecular formula is C25H26FN5O3S. The van der Waals surface area contributed by atoms with Crippen molar-refractivity contribution < 1.29 is 17.6 Å². The summed E-state index contributed by atoms with van der Waals surface area (Å²) in [5.74, 6) is 0.356. The van der Waals surface area contributed by atoms with Crippen LogP contribution in [0.5, 0.6) is 0 Å². The van der Waals surface area contributed by atoms with Crippen molar-refractivity contribution in [1.29, 1.82) is 0 Å². The number of carbonyl (C=O) groups is 1. The molecule has 10 heteroatoms. The van der Waals surface area contributed by atoms with E-state index < -0.39 is 10.0 Å². The molecule has 1 aromatic heterocycles. The molecular weight excluding hydrogens is 469 g/mol. The number of hydrogen-bond donors (Lipinski definition) is 0. The molecule has 0 aliphatic carbocycles. The highest BCUT2D eigenvalue weighted by atomic mass is 32.2. The molecule has 1 amide bonds. The topological polar surface area (TPSA) is 86.7 Å². The zero-order valence-corrected chi connectivity index (χ0v) is 20.2. The number of aromatic nitrogens is 2. The Labute approximate surface area is 204 Å². The van der Waals surface area contributed by atoms with Crippen LogP contribution in [0.25, 0.3) is 11.3 Å². The van der Waals surface area contributed by atoms with Crippen LogP contribution in [0, 0.1) is 5.82 Å². The molecule has 8 nitrogen and oxygen atoms in total. The van der Waals surface area contributed by atoms with Gasteiger partial charge < -0.3 is 9.80 Å². The Bertz CT molecular complexity index is 1360. The second kappa shape index (κ2) is 9.35. The molecule has 2 aliphatic rings. The summed E-state index contributed by atoms with van der Waals surface area (Å²) >= 11 is 0. The van der Waals surface area contributed by atoms with E-state index in [-0.39, 0.29) is 16.6 Å². The van der Waals surface area contributed by atoms with Crippen molar-refractivity contribution in [3.8, 4) is 11.3 Å². The van der Waals surface area contributed by atoms with E-state index >= 15 is 0 Å². The molecule has 0 bridgehead atoms. The molecule has 0 radical (unpaired) electrons. The first-order valence-corrected chi connectivity index (χ1v) is 13.0. The van der Waals surface area contributed by atoms with Crippen LogP contribution in [0.2, 0.25) is 0 Å². The van der Waals surface area contributed by atoms with Gasteiger partial charge in [-0.1, -0.05) is 0 Å². The first-order valence-electron chi connectivity index (χ1n) is 11.6. The third kappa shape index (κ3) is 4.63. The van der Waals surface area contributed by atoms with Gasteiger partial charge in [0.05, 0.1) is 10.6 Å². The minimum atomic E-state index is -3.66. The van der Waals surface area contributed by atoms with Gasteiger partial charge in [0.15, 0.2) is 0 Å². The SMILES string of the molecule is CC(=O)N1CCCc2cc(S(=O)(=O)N3CCN(c4cc(-c5ccc(F)cc5)ncn4)CC3)ccc21. The van der Waals surface area contributed by atoms with Crippen molar-refractivity contribution >= 4 is 27.4 Å². The monoisotopic (exact) mass is 495 g/mol. The maximum Gasteiger partial charge on any atom is 0.243 e. The van der Waals surface area contributed by atoms with E-state index in [2.05, 4.69) is 9.97 Å². The minimum absolute atomic E-state index is 0.0370. The lowest BCUT2D eigenvalue weighted by molar-refractivity contribution is -0.116. The summed E-state index contributed by atoms with van der Waals surface area (Å²) in [5, 5.41) is 0. The van der Waals surface area contributed by atoms with Gasteiger partial charge in [0, 0.05) is 57.0 Å². The number of rotatable bonds is 4. The molecule has 5 rings (SSSR count). The Morgan fingerprint density at radius 1 is 0.943 bits per heavy atom. The lowest BCUT2D eigenvalue weighted by Crippen LogP contribution is -2.49. The molecule has 0 saturated carbocycles. The Morgan fingerprint density at radius 2 is 1.69 bits per heavy atom. The Morgan fingerprint density at radius 3 is 2.40 bits per heavy atom. The fourth-order valence-corrected chi connectivity index (χ4v) is 6.14. The zero-order valence-electron chi connectivity index (χ0n) is 19.4. The van der Waals surface area contributed by atoms with E-state index in [0.717, 1.165) is 29.7 Å². The lowest BCUT2D eigenvalue weighted by atomic mass is 10.0. The van der Waals surface area contributed by atoms with Gasteiger partial charge >= 0.3 is 0 Å². The van der Waals surface area contributed by atoms with Crippen LogP contribution in [0.15, 0.2) is 59.8 Å². The van der Waals surface area contributed by atoms with E-state index in [4.69, 9.17) is 0 Å². The van der Waals surface area contributed by atoms with E-state index in [1.807, 2.05) is 11.0 Å². The Balaban J connectivity index is 1.30. The lowest BCUT2D eigenvalue weighted by Gasteiger charge is -2.35. The summed E-state index contributed by atoms with van der Waals surface area (Å²) < 4.78 is 41.5. The van der Waals surface area contributed by atoms with Gasteiger partial charge in [-0.25, -0.2) is 22.8 Å². The van der Waals surface area contributed by atoms with Crippen LogP contribution in [-0.4, -0.2) is 61.3 Å². The number of piperazine rings is 1. The van der Waals surface area contributed by atoms with Crippen LogP contribution >= 0.6 is 0 Å². The normalized spacial score (nSPS) is 16.7. The van der Waals surface area contributed by atoms with Crippen molar-refractivity contribution in [2.75, 3.05) is 42.5 Å². The summed E-state index contributed by atoms with van der Waals surface area (Å²) in [5.41, 5.74) is 3.15. The first-order chi connectivity index (χ1) is 16.8. The van der Waals surface area contributed by atoms with Crippen LogP contribution in [0.4, 0.5) is 15.9 Å². The molecule has 35 heavy (non-hydrogen) atoms. The molecule has 0 spiro atoms. The van der Waals surface area contributed by atoms with Crippen molar-refractivity contribution in [2.45, 2.75) is 24.7 Å². The summed E-state index contributed by atoms with van der Waals surface area (Å²) in [4.78, 5) is 24.6. The number of sulfonamides is 1. The van der Waals surface area contributed by atoms with Crippen molar-refractivity contribution in [3.05, 3.63) is 66.2 Å². The van der Waals surface area contributed by atoms with Gasteiger partial charge in [0.1, 0.15) is 18.0 Å². The fraction of sp³-hybridized carbons (Fsp3) is 0.320. The molecule has 3 aromatic rings. The third-order valence-electron chi connectivity index (χ3n) is 6.54. The molecule has 1 fully saturated rings. The standard InChI is InChI=1S/C25H26FN5O3S/c1-18(32)31-10-2-3-20-15-22(8-9-24(20)31)35(33,34)30-13-11-29(12-14-30)25-16-23(27-17-28-25)19-4-6-21(26)7-5-19/h4-9,15-17H,2-3,10-14H2,1H3. The summed E-state index contributed by atoms with van der Waals surface area (Å²) in [7, 11) is -3.66. The van der Waals surface area contributed by atoms with E-state index in [9.17, 15) is 17.6 Å². The number of hydrogen-bond acceptors (Lipinski definition) is 6. The number of anilines is 2. The number of amides is 1. The van der Waals surface area contributed by atoms with Gasteiger partial charge in [0.2, 0.25) is 15.9 Å². The summed E-state index contributed by atoms with van der Waals surface area (Å²) in [6.45, 7) is 3.82. The quantitative estimate of drug-likeness (QED) is 0.553. The first kappa shape index (κ1) is 23.4. The highest BCUT2D eigenvalue weighted by Crippen LogP contribution is 2.31. The van der Waals surface area contributed by atoms with Crippen LogP contribution in [0.3, 0.4) is 0 Å². The number of nitrogens with zero attached hydrogens (tertiary/aromatic N) is 5. The molecule has 0 atom stereocenters. The van der Waals surface area contributed by atoms with Gasteiger partial charge in [-0.2, -0.15) is 4.31 Å². The van der Waals surface area contributed by atoms with Gasteiger partial charge in [0.25, 0.3) is 0 Å². The molecule has 1 saturated heterocycles. The van der Waals surface area contributed by atoms with E-state index in [1.54, 1.807) is 35.2 Å². The second-order valence-corrected chi connectivity index (χ2v) is 10.7. The number of aryl methyl sites for hydroxylation is 1. The number of fused-ring (bicyclic) bond motifs is 1. The number of carbonyl (C=O) groups excluding carboxylic acids is 1. The van der Waals surface area contributed by atoms with Crippen LogP contribution < -0.4 is 9.80 Å². The molecule has 0 unspecified atom stereocenters. The Kier molecular flexibility index (Phi) is 6.24. The average molecular weight is 496 g/mol. The third-order valence-corrected chi connectivity index (χ3v) is 8.44. The molecule has 2 aromatic carbocycles. The zero-order chi connectivity index (χ0) is 24.6. The van der Waals surface area contributed by atoms with Gasteiger partial charge in [-0.05, 0) is 60.9 Å².